The Morgan fingerprint density at radius 3 is 2.65 bits per heavy atom. The molecule has 4 heterocycles. The Kier molecular flexibility index (Phi) is 5.33. The van der Waals surface area contributed by atoms with Crippen LogP contribution in [0.1, 0.15) is 25.7 Å². The van der Waals surface area contributed by atoms with Crippen molar-refractivity contribution in [3.8, 4) is 0 Å². The Hall–Kier alpha value is -2.62. The van der Waals surface area contributed by atoms with Crippen LogP contribution in [0, 0.1) is 0 Å². The van der Waals surface area contributed by atoms with Crippen LogP contribution in [-0.4, -0.2) is 55.7 Å². The molecule has 1 aliphatic heterocycles. The first kappa shape index (κ1) is 20.3. The predicted octanol–water partition coefficient (Wildman–Crippen LogP) is 3.61. The van der Waals surface area contributed by atoms with E-state index in [4.69, 9.17) is 33.2 Å². The third-order valence-corrected chi connectivity index (χ3v) is 6.08. The summed E-state index contributed by atoms with van der Waals surface area (Å²) in [4.78, 5) is 24.3. The number of aromatic amines is 1. The molecule has 0 atom stereocenters. The molecule has 1 saturated heterocycles. The zero-order chi connectivity index (χ0) is 21.5. The molecule has 31 heavy (non-hydrogen) atoms. The van der Waals surface area contributed by atoms with Crippen LogP contribution in [-0.2, 0) is 6.54 Å². The minimum absolute atomic E-state index is 0.244. The van der Waals surface area contributed by atoms with Crippen LogP contribution in [0.25, 0.3) is 22.2 Å². The van der Waals surface area contributed by atoms with Gasteiger partial charge in [-0.3, -0.25) is 0 Å². The molecule has 1 aliphatic rings. The van der Waals surface area contributed by atoms with Gasteiger partial charge in [0.05, 0.1) is 34.0 Å². The predicted molar refractivity (Wildman–Crippen MR) is 124 cm³/mol. The summed E-state index contributed by atoms with van der Waals surface area (Å²) in [5.74, 6) is 2.16. The summed E-state index contributed by atoms with van der Waals surface area (Å²) < 4.78 is 2.07. The first-order chi connectivity index (χ1) is 15.0. The number of benzene rings is 1. The van der Waals surface area contributed by atoms with Gasteiger partial charge in [-0.25, -0.2) is 9.97 Å². The third kappa shape index (κ3) is 3.88. The van der Waals surface area contributed by atoms with Gasteiger partial charge in [0.2, 0.25) is 5.95 Å². The first-order valence-corrected chi connectivity index (χ1v) is 11.0. The number of anilines is 2. The van der Waals surface area contributed by atoms with Crippen molar-refractivity contribution in [2.45, 2.75) is 26.4 Å². The lowest BCUT2D eigenvalue weighted by Crippen LogP contribution is -2.44. The number of fused-ring (bicyclic) bond motifs is 2. The zero-order valence-corrected chi connectivity index (χ0v) is 18.8. The molecule has 0 unspecified atom stereocenters. The summed E-state index contributed by atoms with van der Waals surface area (Å²) in [7, 11) is 0. The van der Waals surface area contributed by atoms with E-state index in [1.807, 2.05) is 6.33 Å². The van der Waals surface area contributed by atoms with Crippen molar-refractivity contribution >= 4 is 57.2 Å². The molecule has 0 aliphatic carbocycles. The van der Waals surface area contributed by atoms with Gasteiger partial charge in [0.25, 0.3) is 0 Å². The van der Waals surface area contributed by atoms with E-state index in [0.29, 0.717) is 28.4 Å². The van der Waals surface area contributed by atoms with Crippen LogP contribution in [0.5, 0.6) is 0 Å². The van der Waals surface area contributed by atoms with Crippen LogP contribution >= 0.6 is 23.2 Å². The highest BCUT2D eigenvalue weighted by Gasteiger charge is 2.20. The Labute approximate surface area is 189 Å². The van der Waals surface area contributed by atoms with Gasteiger partial charge in [0, 0.05) is 32.2 Å². The number of nitrogens with zero attached hydrogens (tertiary/aromatic N) is 6. The second-order valence-corrected chi connectivity index (χ2v) is 8.66. The van der Waals surface area contributed by atoms with E-state index in [2.05, 4.69) is 48.9 Å². The maximum absolute atomic E-state index is 6.12. The van der Waals surface area contributed by atoms with Crippen LogP contribution < -0.4 is 15.5 Å². The summed E-state index contributed by atoms with van der Waals surface area (Å²) in [6, 6.07) is 3.79. The number of halogens is 2. The molecule has 1 aromatic carbocycles. The van der Waals surface area contributed by atoms with Crippen molar-refractivity contribution in [3.63, 3.8) is 0 Å². The Bertz CT molecular complexity index is 1200. The third-order valence-electron chi connectivity index (χ3n) is 5.36. The lowest BCUT2D eigenvalue weighted by Gasteiger charge is -2.27. The van der Waals surface area contributed by atoms with Crippen LogP contribution in [0.3, 0.4) is 0 Å². The fourth-order valence-electron chi connectivity index (χ4n) is 3.72. The number of piperazine rings is 1. The molecule has 11 heteroatoms. The van der Waals surface area contributed by atoms with Crippen molar-refractivity contribution in [2.75, 3.05) is 36.4 Å². The summed E-state index contributed by atoms with van der Waals surface area (Å²) >= 11 is 12.2. The Morgan fingerprint density at radius 1 is 1.10 bits per heavy atom. The van der Waals surface area contributed by atoms with Gasteiger partial charge in [0.1, 0.15) is 5.82 Å². The molecular formula is C20H23Cl2N9. The van der Waals surface area contributed by atoms with Gasteiger partial charge in [0.15, 0.2) is 17.0 Å². The van der Waals surface area contributed by atoms with E-state index >= 15 is 0 Å². The van der Waals surface area contributed by atoms with E-state index in [1.165, 1.54) is 0 Å². The quantitative estimate of drug-likeness (QED) is 0.419. The number of hydrogen-bond acceptors (Lipinski definition) is 7. The van der Waals surface area contributed by atoms with Crippen molar-refractivity contribution in [3.05, 3.63) is 34.3 Å². The summed E-state index contributed by atoms with van der Waals surface area (Å²) in [5, 5.41) is 7.74. The van der Waals surface area contributed by atoms with E-state index in [9.17, 15) is 0 Å². The molecule has 0 saturated carbocycles. The van der Waals surface area contributed by atoms with Crippen LogP contribution in [0.2, 0.25) is 10.0 Å². The largest absolute Gasteiger partial charge is 0.361 e. The summed E-state index contributed by atoms with van der Waals surface area (Å²) in [5.41, 5.74) is 3.17. The molecule has 0 radical (unpaired) electrons. The lowest BCUT2D eigenvalue weighted by atomic mass is 10.3. The van der Waals surface area contributed by atoms with E-state index in [1.54, 1.807) is 12.1 Å². The molecule has 3 N–H and O–H groups in total. The van der Waals surface area contributed by atoms with Crippen LogP contribution in [0.15, 0.2) is 18.5 Å². The fraction of sp³-hybridized carbons (Fsp3) is 0.400. The van der Waals surface area contributed by atoms with E-state index in [0.717, 1.165) is 54.2 Å². The maximum atomic E-state index is 6.12. The number of imidazole rings is 2. The molecule has 0 spiro atoms. The number of rotatable bonds is 5. The molecule has 4 aromatic rings. The average Bonchev–Trinajstić information content (AvgIpc) is 3.36. The van der Waals surface area contributed by atoms with Crippen LogP contribution in [0.4, 0.5) is 11.8 Å². The first-order valence-electron chi connectivity index (χ1n) is 10.3. The summed E-state index contributed by atoms with van der Waals surface area (Å²) in [6.45, 7) is 8.25. The van der Waals surface area contributed by atoms with Crippen molar-refractivity contribution < 1.29 is 0 Å². The highest BCUT2D eigenvalue weighted by Crippen LogP contribution is 2.28. The van der Waals surface area contributed by atoms with Gasteiger partial charge >= 0.3 is 0 Å². The van der Waals surface area contributed by atoms with Crippen molar-refractivity contribution in [1.29, 1.82) is 0 Å². The number of nitrogens with one attached hydrogen (secondary N) is 3. The minimum atomic E-state index is 0.244. The molecule has 5 rings (SSSR count). The molecule has 9 nitrogen and oxygen atoms in total. The Morgan fingerprint density at radius 2 is 1.87 bits per heavy atom. The topological polar surface area (TPSA) is 99.6 Å². The Balaban J connectivity index is 1.49. The van der Waals surface area contributed by atoms with E-state index < -0.39 is 0 Å². The van der Waals surface area contributed by atoms with Gasteiger partial charge in [-0.1, -0.05) is 23.2 Å². The molecular weight excluding hydrogens is 437 g/mol. The fourth-order valence-corrected chi connectivity index (χ4v) is 4.04. The number of hydrogen-bond donors (Lipinski definition) is 3. The second kappa shape index (κ2) is 8.14. The van der Waals surface area contributed by atoms with Crippen molar-refractivity contribution in [1.82, 2.24) is 34.8 Å². The SMILES string of the molecule is CC(C)n1cnc2c(NCc3nc4cc(Cl)c(Cl)cc4[nH]3)nc(N3CCNCC3)nc21. The zero-order valence-electron chi connectivity index (χ0n) is 17.3. The average molecular weight is 460 g/mol. The molecule has 1 fully saturated rings. The van der Waals surface area contributed by atoms with Gasteiger partial charge in [-0.2, -0.15) is 9.97 Å². The monoisotopic (exact) mass is 459 g/mol. The second-order valence-electron chi connectivity index (χ2n) is 7.85. The molecule has 162 valence electrons. The number of H-pyrrole nitrogens is 1. The normalized spacial score (nSPS) is 14.8. The smallest absolute Gasteiger partial charge is 0.229 e. The van der Waals surface area contributed by atoms with E-state index in [-0.39, 0.29) is 6.04 Å². The minimum Gasteiger partial charge on any atom is -0.361 e. The maximum Gasteiger partial charge on any atom is 0.229 e. The van der Waals surface area contributed by atoms with Gasteiger partial charge in [-0.15, -0.1) is 0 Å². The molecule has 3 aromatic heterocycles. The number of aromatic nitrogens is 6. The van der Waals surface area contributed by atoms with Crippen molar-refractivity contribution in [2.24, 2.45) is 0 Å². The molecule has 0 bridgehead atoms. The summed E-state index contributed by atoms with van der Waals surface area (Å²) in [6.07, 6.45) is 1.82. The molecule has 0 amide bonds. The van der Waals surface area contributed by atoms with Gasteiger partial charge in [-0.05, 0) is 26.0 Å². The van der Waals surface area contributed by atoms with Gasteiger partial charge < -0.3 is 25.1 Å². The lowest BCUT2D eigenvalue weighted by molar-refractivity contribution is 0.578. The highest BCUT2D eigenvalue weighted by atomic mass is 35.5. The standard InChI is InChI=1S/C20H23Cl2N9/c1-11(2)31-10-25-17-18(28-20(29-19(17)31)30-5-3-23-4-6-30)24-9-16-26-14-7-12(21)13(22)8-15(14)27-16/h7-8,10-11,23H,3-6,9H2,1-2H3,(H,26,27)(H,24,28,29). The highest BCUT2D eigenvalue weighted by molar-refractivity contribution is 6.42.